The van der Waals surface area contributed by atoms with E-state index in [1.807, 2.05) is 32.0 Å². The van der Waals surface area contributed by atoms with E-state index in [9.17, 15) is 0 Å². The molecule has 0 saturated carbocycles. The highest BCUT2D eigenvalue weighted by Gasteiger charge is 2.17. The third kappa shape index (κ3) is 3.79. The Morgan fingerprint density at radius 2 is 2.04 bits per heavy atom. The van der Waals surface area contributed by atoms with Crippen LogP contribution in [0.2, 0.25) is 0 Å². The Labute approximate surface area is 163 Å². The van der Waals surface area contributed by atoms with E-state index in [0.29, 0.717) is 19.8 Å². The van der Waals surface area contributed by atoms with E-state index in [4.69, 9.17) is 14.2 Å². The fourth-order valence-corrected chi connectivity index (χ4v) is 3.47. The number of ether oxygens (including phenoxy) is 3. The number of H-pyrrole nitrogens is 1. The van der Waals surface area contributed by atoms with Gasteiger partial charge in [0.25, 0.3) is 0 Å². The molecule has 1 aliphatic rings. The maximum atomic E-state index is 6.00. The van der Waals surface area contributed by atoms with Crippen molar-refractivity contribution < 1.29 is 14.2 Å². The molecule has 1 fully saturated rings. The van der Waals surface area contributed by atoms with Gasteiger partial charge in [0.1, 0.15) is 24.0 Å². The summed E-state index contributed by atoms with van der Waals surface area (Å²) in [6.45, 7) is 7.63. The molecule has 1 atom stereocenters. The first-order valence-corrected chi connectivity index (χ1v) is 9.45. The zero-order chi connectivity index (χ0) is 19.5. The SMILES string of the molecule is COCC(C)Oc1cc(C)c2n[nH]c(-c3cc(N4CCOCC4)ncn3)c2c1. The summed E-state index contributed by atoms with van der Waals surface area (Å²) in [5.41, 5.74) is 3.62. The van der Waals surface area contributed by atoms with Crippen molar-refractivity contribution in [2.45, 2.75) is 20.0 Å². The molecule has 0 radical (unpaired) electrons. The third-order valence-corrected chi connectivity index (χ3v) is 4.81. The van der Waals surface area contributed by atoms with Crippen LogP contribution in [-0.4, -0.2) is 66.3 Å². The molecule has 1 aromatic carbocycles. The van der Waals surface area contributed by atoms with Crippen LogP contribution in [0.4, 0.5) is 5.82 Å². The normalized spacial score (nSPS) is 15.8. The number of aryl methyl sites for hydroxylation is 1. The molecule has 0 aliphatic carbocycles. The first-order chi connectivity index (χ1) is 13.7. The van der Waals surface area contributed by atoms with Gasteiger partial charge < -0.3 is 19.1 Å². The van der Waals surface area contributed by atoms with Crippen LogP contribution >= 0.6 is 0 Å². The lowest BCUT2D eigenvalue weighted by molar-refractivity contribution is 0.0921. The number of benzene rings is 1. The maximum absolute atomic E-state index is 6.00. The minimum atomic E-state index is -0.0378. The summed E-state index contributed by atoms with van der Waals surface area (Å²) < 4.78 is 16.6. The van der Waals surface area contributed by atoms with E-state index in [1.54, 1.807) is 13.4 Å². The van der Waals surface area contributed by atoms with E-state index in [-0.39, 0.29) is 6.10 Å². The van der Waals surface area contributed by atoms with Crippen LogP contribution in [0.3, 0.4) is 0 Å². The number of fused-ring (bicyclic) bond motifs is 1. The van der Waals surface area contributed by atoms with Crippen LogP contribution < -0.4 is 9.64 Å². The number of nitrogens with one attached hydrogen (secondary N) is 1. The van der Waals surface area contributed by atoms with Crippen molar-refractivity contribution in [2.24, 2.45) is 0 Å². The smallest absolute Gasteiger partial charge is 0.132 e. The van der Waals surface area contributed by atoms with Gasteiger partial charge in [0.2, 0.25) is 0 Å². The Bertz CT molecular complexity index is 952. The van der Waals surface area contributed by atoms with Gasteiger partial charge in [-0.1, -0.05) is 0 Å². The quantitative estimate of drug-likeness (QED) is 0.700. The average molecular weight is 383 g/mol. The van der Waals surface area contributed by atoms with Gasteiger partial charge in [-0.25, -0.2) is 9.97 Å². The zero-order valence-electron chi connectivity index (χ0n) is 16.4. The van der Waals surface area contributed by atoms with Crippen molar-refractivity contribution in [3.8, 4) is 17.1 Å². The minimum absolute atomic E-state index is 0.0378. The Kier molecular flexibility index (Phi) is 5.40. The third-order valence-electron chi connectivity index (χ3n) is 4.81. The van der Waals surface area contributed by atoms with Crippen molar-refractivity contribution in [3.05, 3.63) is 30.1 Å². The number of nitrogens with zero attached hydrogens (tertiary/aromatic N) is 4. The lowest BCUT2D eigenvalue weighted by atomic mass is 10.1. The zero-order valence-corrected chi connectivity index (χ0v) is 16.4. The number of aromatic amines is 1. The monoisotopic (exact) mass is 383 g/mol. The van der Waals surface area contributed by atoms with Crippen LogP contribution in [0.5, 0.6) is 5.75 Å². The minimum Gasteiger partial charge on any atom is -0.488 e. The lowest BCUT2D eigenvalue weighted by Gasteiger charge is -2.27. The number of rotatable bonds is 6. The number of aromatic nitrogens is 4. The molecule has 0 amide bonds. The molecular formula is C20H25N5O3. The van der Waals surface area contributed by atoms with Gasteiger partial charge in [-0.2, -0.15) is 5.10 Å². The summed E-state index contributed by atoms with van der Waals surface area (Å²) >= 11 is 0. The van der Waals surface area contributed by atoms with Gasteiger partial charge >= 0.3 is 0 Å². The lowest BCUT2D eigenvalue weighted by Crippen LogP contribution is -2.36. The molecule has 0 spiro atoms. The summed E-state index contributed by atoms with van der Waals surface area (Å²) in [5, 5.41) is 8.62. The van der Waals surface area contributed by atoms with E-state index in [1.165, 1.54) is 0 Å². The Hall–Kier alpha value is -2.71. The van der Waals surface area contributed by atoms with Crippen molar-refractivity contribution in [1.29, 1.82) is 0 Å². The molecule has 3 aromatic rings. The molecular weight excluding hydrogens is 358 g/mol. The molecule has 8 nitrogen and oxygen atoms in total. The molecule has 148 valence electrons. The molecule has 1 saturated heterocycles. The van der Waals surface area contributed by atoms with Crippen LogP contribution in [-0.2, 0) is 9.47 Å². The topological polar surface area (TPSA) is 85.4 Å². The van der Waals surface area contributed by atoms with Crippen LogP contribution in [0.25, 0.3) is 22.3 Å². The van der Waals surface area contributed by atoms with Gasteiger partial charge in [-0.15, -0.1) is 0 Å². The van der Waals surface area contributed by atoms with Crippen LogP contribution in [0.15, 0.2) is 24.5 Å². The number of hydrogen-bond donors (Lipinski definition) is 1. The van der Waals surface area contributed by atoms with Crippen molar-refractivity contribution in [1.82, 2.24) is 20.2 Å². The summed E-state index contributed by atoms with van der Waals surface area (Å²) in [7, 11) is 1.67. The average Bonchev–Trinajstić information content (AvgIpc) is 3.13. The van der Waals surface area contributed by atoms with Crippen molar-refractivity contribution >= 4 is 16.7 Å². The molecule has 4 rings (SSSR count). The van der Waals surface area contributed by atoms with E-state index in [2.05, 4.69) is 25.1 Å². The Morgan fingerprint density at radius 1 is 1.21 bits per heavy atom. The van der Waals surface area contributed by atoms with E-state index in [0.717, 1.165) is 52.5 Å². The van der Waals surface area contributed by atoms with E-state index < -0.39 is 0 Å². The second-order valence-corrected chi connectivity index (χ2v) is 6.98. The first-order valence-electron chi connectivity index (χ1n) is 9.45. The highest BCUT2D eigenvalue weighted by atomic mass is 16.5. The molecule has 0 bridgehead atoms. The summed E-state index contributed by atoms with van der Waals surface area (Å²) in [4.78, 5) is 11.1. The largest absolute Gasteiger partial charge is 0.488 e. The highest BCUT2D eigenvalue weighted by molar-refractivity contribution is 5.95. The molecule has 28 heavy (non-hydrogen) atoms. The molecule has 1 aliphatic heterocycles. The fraction of sp³-hybridized carbons (Fsp3) is 0.450. The second-order valence-electron chi connectivity index (χ2n) is 6.98. The summed E-state index contributed by atoms with van der Waals surface area (Å²) in [6, 6.07) is 6.00. The highest BCUT2D eigenvalue weighted by Crippen LogP contribution is 2.32. The van der Waals surface area contributed by atoms with Gasteiger partial charge in [0.15, 0.2) is 0 Å². The molecule has 1 unspecified atom stereocenters. The van der Waals surface area contributed by atoms with E-state index >= 15 is 0 Å². The number of methoxy groups -OCH3 is 1. The van der Waals surface area contributed by atoms with Crippen LogP contribution in [0.1, 0.15) is 12.5 Å². The fourth-order valence-electron chi connectivity index (χ4n) is 3.47. The van der Waals surface area contributed by atoms with Gasteiger partial charge in [-0.05, 0) is 31.5 Å². The van der Waals surface area contributed by atoms with Crippen LogP contribution in [0, 0.1) is 6.92 Å². The Morgan fingerprint density at radius 3 is 2.82 bits per heavy atom. The number of anilines is 1. The molecule has 3 heterocycles. The molecule has 1 N–H and O–H groups in total. The van der Waals surface area contributed by atoms with Crippen molar-refractivity contribution in [3.63, 3.8) is 0 Å². The molecule has 2 aromatic heterocycles. The Balaban J connectivity index is 1.69. The molecule has 8 heteroatoms. The number of morpholine rings is 1. The summed E-state index contributed by atoms with van der Waals surface area (Å²) in [5.74, 6) is 1.69. The van der Waals surface area contributed by atoms with Gasteiger partial charge in [0.05, 0.1) is 36.7 Å². The van der Waals surface area contributed by atoms with Gasteiger partial charge in [0, 0.05) is 31.7 Å². The predicted octanol–water partition coefficient (Wildman–Crippen LogP) is 2.58. The second kappa shape index (κ2) is 8.12. The number of hydrogen-bond acceptors (Lipinski definition) is 7. The first kappa shape index (κ1) is 18.6. The standard InChI is InChI=1S/C20H25N5O3/c1-13-8-15(28-14(2)11-26-3)9-16-19(13)23-24-20(16)17-10-18(22-12-21-17)25-4-6-27-7-5-25/h8-10,12,14H,4-7,11H2,1-3H3,(H,23,24). The maximum Gasteiger partial charge on any atom is 0.132 e. The summed E-state index contributed by atoms with van der Waals surface area (Å²) in [6.07, 6.45) is 1.56. The predicted molar refractivity (Wildman–Crippen MR) is 107 cm³/mol. The van der Waals surface area contributed by atoms with Crippen molar-refractivity contribution in [2.75, 3.05) is 44.9 Å². The van der Waals surface area contributed by atoms with Gasteiger partial charge in [-0.3, -0.25) is 5.10 Å².